The quantitative estimate of drug-likeness (QED) is 0.519. The molecular weight excluding hydrogens is 452 g/mol. The Labute approximate surface area is 192 Å². The van der Waals surface area contributed by atoms with E-state index in [1.165, 1.54) is 20.3 Å². The van der Waals surface area contributed by atoms with Crippen LogP contribution in [0.2, 0.25) is 5.02 Å². The van der Waals surface area contributed by atoms with E-state index in [1.807, 2.05) is 0 Å². The van der Waals surface area contributed by atoms with E-state index in [0.29, 0.717) is 22.1 Å². The zero-order chi connectivity index (χ0) is 23.3. The molecule has 0 aliphatic carbocycles. The van der Waals surface area contributed by atoms with E-state index in [9.17, 15) is 13.2 Å². The van der Waals surface area contributed by atoms with Gasteiger partial charge in [0, 0.05) is 10.7 Å². The Balaban J connectivity index is 2.02. The summed E-state index contributed by atoms with van der Waals surface area (Å²) in [5, 5.41) is 3.13. The molecule has 3 rings (SSSR count). The summed E-state index contributed by atoms with van der Waals surface area (Å²) in [4.78, 5) is 12.8. The smallest absolute Gasteiger partial charge is 0.268 e. The molecule has 168 valence electrons. The molecule has 0 atom stereocenters. The van der Waals surface area contributed by atoms with Gasteiger partial charge < -0.3 is 14.8 Å². The molecule has 0 bridgehead atoms. The molecule has 0 fully saturated rings. The van der Waals surface area contributed by atoms with Crippen molar-refractivity contribution in [2.45, 2.75) is 11.8 Å². The zero-order valence-corrected chi connectivity index (χ0v) is 19.4. The molecule has 0 saturated carbocycles. The van der Waals surface area contributed by atoms with Crippen LogP contribution in [0.15, 0.2) is 71.6 Å². The number of sulfonamides is 1. The van der Waals surface area contributed by atoms with Crippen molar-refractivity contribution in [1.82, 2.24) is 0 Å². The van der Waals surface area contributed by atoms with E-state index in [1.54, 1.807) is 67.6 Å². The number of amides is 1. The summed E-state index contributed by atoms with van der Waals surface area (Å²) in [5.41, 5.74) is 1.50. The fourth-order valence-corrected chi connectivity index (χ4v) is 4.92. The molecule has 7 nitrogen and oxygen atoms in total. The van der Waals surface area contributed by atoms with E-state index in [4.69, 9.17) is 21.1 Å². The monoisotopic (exact) mass is 474 g/mol. The van der Waals surface area contributed by atoms with Gasteiger partial charge in [0.25, 0.3) is 10.0 Å². The number of nitrogens with zero attached hydrogens (tertiary/aromatic N) is 1. The molecule has 0 aromatic heterocycles. The molecule has 1 N–H and O–H groups in total. The number of methoxy groups -OCH3 is 2. The SMILES string of the molecule is COc1ccc(N(CC(=O)Nc2cccc(Cl)c2)S(=O)(=O)c2cc(C)ccc2OC)cc1. The van der Waals surface area contributed by atoms with Crippen LogP contribution >= 0.6 is 11.6 Å². The minimum Gasteiger partial charge on any atom is -0.497 e. The lowest BCUT2D eigenvalue weighted by Gasteiger charge is -2.25. The van der Waals surface area contributed by atoms with Crippen LogP contribution in [0.3, 0.4) is 0 Å². The molecule has 3 aromatic rings. The fraction of sp³-hybridized carbons (Fsp3) is 0.174. The first-order chi connectivity index (χ1) is 15.2. The van der Waals surface area contributed by atoms with Crippen molar-refractivity contribution in [3.05, 3.63) is 77.3 Å². The molecule has 0 saturated heterocycles. The zero-order valence-electron chi connectivity index (χ0n) is 17.8. The third kappa shape index (κ3) is 5.33. The summed E-state index contributed by atoms with van der Waals surface area (Å²) in [6, 6.07) is 17.9. The highest BCUT2D eigenvalue weighted by molar-refractivity contribution is 7.93. The number of hydrogen-bond donors (Lipinski definition) is 1. The highest BCUT2D eigenvalue weighted by atomic mass is 35.5. The summed E-state index contributed by atoms with van der Waals surface area (Å²) in [7, 11) is -1.24. The summed E-state index contributed by atoms with van der Waals surface area (Å²) >= 11 is 5.98. The Morgan fingerprint density at radius 2 is 1.72 bits per heavy atom. The van der Waals surface area contributed by atoms with Gasteiger partial charge in [-0.2, -0.15) is 0 Å². The van der Waals surface area contributed by atoms with Crippen LogP contribution in [0.1, 0.15) is 5.56 Å². The minimum atomic E-state index is -4.15. The van der Waals surface area contributed by atoms with Crippen LogP contribution in [0.4, 0.5) is 11.4 Å². The Bertz CT molecular complexity index is 1210. The lowest BCUT2D eigenvalue weighted by molar-refractivity contribution is -0.114. The maximum atomic E-state index is 13.7. The number of aryl methyl sites for hydroxylation is 1. The van der Waals surface area contributed by atoms with Gasteiger partial charge in [-0.25, -0.2) is 8.42 Å². The number of benzene rings is 3. The summed E-state index contributed by atoms with van der Waals surface area (Å²) in [5.74, 6) is 0.213. The first-order valence-electron chi connectivity index (χ1n) is 9.61. The van der Waals surface area contributed by atoms with Crippen molar-refractivity contribution in [3.8, 4) is 11.5 Å². The van der Waals surface area contributed by atoms with E-state index >= 15 is 0 Å². The average Bonchev–Trinajstić information content (AvgIpc) is 2.77. The molecule has 32 heavy (non-hydrogen) atoms. The van der Waals surface area contributed by atoms with Gasteiger partial charge >= 0.3 is 0 Å². The van der Waals surface area contributed by atoms with E-state index in [2.05, 4.69) is 5.32 Å². The summed E-state index contributed by atoms with van der Waals surface area (Å²) in [6.45, 7) is 1.32. The van der Waals surface area contributed by atoms with Crippen LogP contribution in [-0.2, 0) is 14.8 Å². The lowest BCUT2D eigenvalue weighted by atomic mass is 10.2. The third-order valence-electron chi connectivity index (χ3n) is 4.64. The molecule has 0 spiro atoms. The van der Waals surface area contributed by atoms with Gasteiger partial charge in [-0.1, -0.05) is 23.7 Å². The number of nitrogens with one attached hydrogen (secondary N) is 1. The Kier molecular flexibility index (Phi) is 7.27. The molecule has 0 radical (unpaired) electrons. The molecule has 0 aliphatic heterocycles. The van der Waals surface area contributed by atoms with Crippen LogP contribution < -0.4 is 19.1 Å². The van der Waals surface area contributed by atoms with Crippen molar-refractivity contribution in [3.63, 3.8) is 0 Å². The number of anilines is 2. The molecule has 9 heteroatoms. The van der Waals surface area contributed by atoms with E-state index in [-0.39, 0.29) is 10.6 Å². The normalized spacial score (nSPS) is 11.0. The van der Waals surface area contributed by atoms with Gasteiger partial charge in [0.1, 0.15) is 22.9 Å². The fourth-order valence-electron chi connectivity index (χ4n) is 3.06. The number of rotatable bonds is 8. The second kappa shape index (κ2) is 9.93. The highest BCUT2D eigenvalue weighted by Gasteiger charge is 2.30. The Morgan fingerprint density at radius 3 is 2.34 bits per heavy atom. The Hall–Kier alpha value is -3.23. The number of ether oxygens (including phenoxy) is 2. The van der Waals surface area contributed by atoms with Crippen molar-refractivity contribution < 1.29 is 22.7 Å². The topological polar surface area (TPSA) is 84.9 Å². The van der Waals surface area contributed by atoms with Crippen LogP contribution in [0.25, 0.3) is 0 Å². The second-order valence-electron chi connectivity index (χ2n) is 6.92. The number of carbonyl (C=O) groups excluding carboxylic acids is 1. The molecule has 0 unspecified atom stereocenters. The summed E-state index contributed by atoms with van der Waals surface area (Å²) in [6.07, 6.45) is 0. The van der Waals surface area contributed by atoms with Crippen LogP contribution in [0.5, 0.6) is 11.5 Å². The van der Waals surface area contributed by atoms with Crippen LogP contribution in [0, 0.1) is 6.92 Å². The summed E-state index contributed by atoms with van der Waals surface area (Å²) < 4.78 is 38.8. The van der Waals surface area contributed by atoms with E-state index in [0.717, 1.165) is 9.87 Å². The predicted molar refractivity (Wildman–Crippen MR) is 125 cm³/mol. The van der Waals surface area contributed by atoms with Crippen molar-refractivity contribution in [1.29, 1.82) is 0 Å². The molecule has 3 aromatic carbocycles. The number of hydrogen-bond acceptors (Lipinski definition) is 5. The highest BCUT2D eigenvalue weighted by Crippen LogP contribution is 2.31. The predicted octanol–water partition coefficient (Wildman–Crippen LogP) is 4.50. The first kappa shape index (κ1) is 23.4. The third-order valence-corrected chi connectivity index (χ3v) is 6.67. The Morgan fingerprint density at radius 1 is 1.00 bits per heavy atom. The van der Waals surface area contributed by atoms with Gasteiger partial charge in [-0.15, -0.1) is 0 Å². The molecule has 1 amide bonds. The maximum Gasteiger partial charge on any atom is 0.268 e. The largest absolute Gasteiger partial charge is 0.497 e. The maximum absolute atomic E-state index is 13.7. The lowest BCUT2D eigenvalue weighted by Crippen LogP contribution is -2.38. The second-order valence-corrected chi connectivity index (χ2v) is 9.19. The van der Waals surface area contributed by atoms with E-state index < -0.39 is 22.5 Å². The standard InChI is InChI=1S/C23H23ClN2O5S/c1-16-7-12-21(31-3)22(13-16)32(28,29)26(19-8-10-20(30-2)11-9-19)15-23(27)25-18-6-4-5-17(24)14-18/h4-14H,15H2,1-3H3,(H,25,27). The van der Waals surface area contributed by atoms with Crippen molar-refractivity contribution in [2.75, 3.05) is 30.4 Å². The van der Waals surface area contributed by atoms with Crippen molar-refractivity contribution >= 4 is 38.9 Å². The van der Waals surface area contributed by atoms with Gasteiger partial charge in [-0.05, 0) is 67.1 Å². The van der Waals surface area contributed by atoms with Gasteiger partial charge in [-0.3, -0.25) is 9.10 Å². The molecule has 0 aliphatic rings. The molecular formula is C23H23ClN2O5S. The van der Waals surface area contributed by atoms with Gasteiger partial charge in [0.15, 0.2) is 0 Å². The number of carbonyl (C=O) groups is 1. The van der Waals surface area contributed by atoms with Crippen LogP contribution in [-0.4, -0.2) is 35.1 Å². The van der Waals surface area contributed by atoms with Crippen molar-refractivity contribution in [2.24, 2.45) is 0 Å². The van der Waals surface area contributed by atoms with Gasteiger partial charge in [0.05, 0.1) is 19.9 Å². The van der Waals surface area contributed by atoms with Gasteiger partial charge in [0.2, 0.25) is 5.91 Å². The first-order valence-corrected chi connectivity index (χ1v) is 11.4. The molecule has 0 heterocycles. The average molecular weight is 475 g/mol. The minimum absolute atomic E-state index is 0.0358. The number of halogens is 1.